The van der Waals surface area contributed by atoms with Crippen molar-refractivity contribution in [3.05, 3.63) is 0 Å². The normalized spacial score (nSPS) is 17.7. The van der Waals surface area contributed by atoms with Crippen molar-refractivity contribution in [3.8, 4) is 0 Å². The van der Waals surface area contributed by atoms with Gasteiger partial charge in [0.2, 0.25) is 0 Å². The molecule has 1 aliphatic carbocycles. The van der Waals surface area contributed by atoms with Gasteiger partial charge in [0.25, 0.3) is 0 Å². The minimum Gasteiger partial charge on any atom is -0.309 e. The average molecular weight is 143 g/mol. The Kier molecular flexibility index (Phi) is 5.70. The maximum Gasteiger partial charge on any atom is 0.000356 e. The van der Waals surface area contributed by atoms with Crippen LogP contribution < -0.4 is 0 Å². The van der Waals surface area contributed by atoms with Crippen LogP contribution in [-0.2, 0) is 0 Å². The first-order chi connectivity index (χ1) is 4.79. The fourth-order valence-corrected chi connectivity index (χ4v) is 1.19. The Hall–Kier alpha value is -0.0400. The van der Waals surface area contributed by atoms with Crippen LogP contribution in [0.3, 0.4) is 0 Å². The van der Waals surface area contributed by atoms with Gasteiger partial charge in [-0.2, -0.15) is 0 Å². The molecule has 1 aliphatic rings. The van der Waals surface area contributed by atoms with E-state index < -0.39 is 0 Å². The van der Waals surface area contributed by atoms with Gasteiger partial charge in [-0.1, -0.05) is 20.3 Å². The summed E-state index contributed by atoms with van der Waals surface area (Å²) in [6, 6.07) is 0. The minimum absolute atomic E-state index is 1.03. The molecular formula is C9H21N. The first-order valence-electron chi connectivity index (χ1n) is 4.44. The molecule has 10 heavy (non-hydrogen) atoms. The number of nitrogens with zero attached hydrogens (tertiary/aromatic N) is 1. The molecule has 0 aromatic rings. The van der Waals surface area contributed by atoms with E-state index in [9.17, 15) is 0 Å². The summed E-state index contributed by atoms with van der Waals surface area (Å²) in [6.07, 6.45) is 4.41. The summed E-state index contributed by atoms with van der Waals surface area (Å²) in [4.78, 5) is 2.28. The van der Waals surface area contributed by atoms with Crippen LogP contribution in [0.1, 0.15) is 33.1 Å². The van der Waals surface area contributed by atoms with E-state index in [0.29, 0.717) is 0 Å². The lowest BCUT2D eigenvalue weighted by atomic mass is 9.85. The van der Waals surface area contributed by atoms with Crippen molar-refractivity contribution >= 4 is 0 Å². The lowest BCUT2D eigenvalue weighted by Crippen LogP contribution is -2.26. The van der Waals surface area contributed by atoms with Crippen molar-refractivity contribution in [2.45, 2.75) is 33.1 Å². The van der Waals surface area contributed by atoms with Crippen LogP contribution in [0.4, 0.5) is 0 Å². The molecule has 1 fully saturated rings. The molecule has 0 aliphatic heterocycles. The van der Waals surface area contributed by atoms with Gasteiger partial charge in [-0.3, -0.25) is 0 Å². The highest BCUT2D eigenvalue weighted by atomic mass is 15.1. The molecule has 0 aromatic carbocycles. The number of hydrogen-bond donors (Lipinski definition) is 0. The van der Waals surface area contributed by atoms with E-state index in [-0.39, 0.29) is 0 Å². The molecule has 0 saturated heterocycles. The summed E-state index contributed by atoms with van der Waals surface area (Å²) < 4.78 is 0. The quantitative estimate of drug-likeness (QED) is 0.573. The first kappa shape index (κ1) is 9.96. The van der Waals surface area contributed by atoms with Crippen LogP contribution in [-0.4, -0.2) is 25.5 Å². The fraction of sp³-hybridized carbons (Fsp3) is 1.00. The second-order valence-corrected chi connectivity index (χ2v) is 3.06. The fourth-order valence-electron chi connectivity index (χ4n) is 1.19. The maximum atomic E-state index is 2.28. The number of hydrogen-bond acceptors (Lipinski definition) is 1. The highest BCUT2D eigenvalue weighted by Crippen LogP contribution is 2.26. The van der Waals surface area contributed by atoms with Crippen LogP contribution in [0.15, 0.2) is 0 Å². The molecule has 0 spiro atoms. The van der Waals surface area contributed by atoms with Gasteiger partial charge in [-0.05, 0) is 32.9 Å². The summed E-state index contributed by atoms with van der Waals surface area (Å²) in [7, 11) is 4.30. The second-order valence-electron chi connectivity index (χ2n) is 3.06. The van der Waals surface area contributed by atoms with Crippen LogP contribution in [0.25, 0.3) is 0 Å². The summed E-state index contributed by atoms with van der Waals surface area (Å²) in [6.45, 7) is 5.31. The molecule has 1 heteroatoms. The largest absolute Gasteiger partial charge is 0.309 e. The van der Waals surface area contributed by atoms with Gasteiger partial charge in [-0.25, -0.2) is 0 Å². The average Bonchev–Trinajstić information content (AvgIpc) is 1.84. The third kappa shape index (κ3) is 3.89. The van der Waals surface area contributed by atoms with Crippen molar-refractivity contribution in [1.82, 2.24) is 4.90 Å². The van der Waals surface area contributed by atoms with E-state index in [0.717, 1.165) is 5.92 Å². The third-order valence-corrected chi connectivity index (χ3v) is 1.85. The molecule has 0 amide bonds. The molecule has 0 bridgehead atoms. The topological polar surface area (TPSA) is 3.24 Å². The van der Waals surface area contributed by atoms with Crippen molar-refractivity contribution in [2.75, 3.05) is 20.6 Å². The summed E-state index contributed by atoms with van der Waals surface area (Å²) in [5.74, 6) is 1.03. The minimum atomic E-state index is 1.03. The van der Waals surface area contributed by atoms with Gasteiger partial charge in [0, 0.05) is 6.54 Å². The van der Waals surface area contributed by atoms with Gasteiger partial charge in [-0.15, -0.1) is 0 Å². The molecule has 0 atom stereocenters. The van der Waals surface area contributed by atoms with Crippen LogP contribution in [0.5, 0.6) is 0 Å². The lowest BCUT2D eigenvalue weighted by Gasteiger charge is -2.27. The predicted molar refractivity (Wildman–Crippen MR) is 47.2 cm³/mol. The van der Waals surface area contributed by atoms with E-state index in [1.807, 2.05) is 13.8 Å². The molecule has 1 saturated carbocycles. The van der Waals surface area contributed by atoms with Crippen LogP contribution >= 0.6 is 0 Å². The van der Waals surface area contributed by atoms with Crippen LogP contribution in [0.2, 0.25) is 0 Å². The Bertz CT molecular complexity index is 65.1. The molecule has 62 valence electrons. The third-order valence-electron chi connectivity index (χ3n) is 1.85. The van der Waals surface area contributed by atoms with Gasteiger partial charge >= 0.3 is 0 Å². The molecule has 0 unspecified atom stereocenters. The van der Waals surface area contributed by atoms with Crippen LogP contribution in [0, 0.1) is 5.92 Å². The highest BCUT2D eigenvalue weighted by molar-refractivity contribution is 4.70. The highest BCUT2D eigenvalue weighted by Gasteiger charge is 2.16. The zero-order valence-corrected chi connectivity index (χ0v) is 7.85. The summed E-state index contributed by atoms with van der Waals surface area (Å²) in [5.41, 5.74) is 0. The van der Waals surface area contributed by atoms with E-state index >= 15 is 0 Å². The van der Waals surface area contributed by atoms with E-state index in [1.165, 1.54) is 25.8 Å². The smallest absolute Gasteiger partial charge is 0.000356 e. The zero-order chi connectivity index (χ0) is 7.98. The van der Waals surface area contributed by atoms with E-state index in [1.54, 1.807) is 0 Å². The molecule has 0 aromatic heterocycles. The summed E-state index contributed by atoms with van der Waals surface area (Å²) in [5, 5.41) is 0. The van der Waals surface area contributed by atoms with Gasteiger partial charge in [0.15, 0.2) is 0 Å². The molecule has 0 heterocycles. The van der Waals surface area contributed by atoms with Gasteiger partial charge in [0.1, 0.15) is 0 Å². The lowest BCUT2D eigenvalue weighted by molar-refractivity contribution is 0.230. The Balaban J connectivity index is 0.000000371. The van der Waals surface area contributed by atoms with Gasteiger partial charge in [0.05, 0.1) is 0 Å². The Morgan fingerprint density at radius 3 is 1.80 bits per heavy atom. The van der Waals surface area contributed by atoms with Crippen molar-refractivity contribution < 1.29 is 0 Å². The second kappa shape index (κ2) is 5.72. The molecule has 0 N–H and O–H groups in total. The van der Waals surface area contributed by atoms with E-state index in [4.69, 9.17) is 0 Å². The van der Waals surface area contributed by atoms with Crippen molar-refractivity contribution in [2.24, 2.45) is 5.92 Å². The summed E-state index contributed by atoms with van der Waals surface area (Å²) >= 11 is 0. The van der Waals surface area contributed by atoms with Crippen molar-refractivity contribution in [1.29, 1.82) is 0 Å². The van der Waals surface area contributed by atoms with Crippen molar-refractivity contribution in [3.63, 3.8) is 0 Å². The Morgan fingerprint density at radius 2 is 1.70 bits per heavy atom. The SMILES string of the molecule is CC.CN(C)CC1CCC1. The predicted octanol–water partition coefficient (Wildman–Crippen LogP) is 2.37. The molecule has 1 nitrogen and oxygen atoms in total. The van der Waals surface area contributed by atoms with E-state index in [2.05, 4.69) is 19.0 Å². The monoisotopic (exact) mass is 143 g/mol. The molecule has 1 rings (SSSR count). The first-order valence-corrected chi connectivity index (χ1v) is 4.44. The standard InChI is InChI=1S/C7H15N.C2H6/c1-8(2)6-7-4-3-5-7;1-2/h7H,3-6H2,1-2H3;1-2H3. The maximum absolute atomic E-state index is 2.28. The Labute approximate surface area is 65.4 Å². The Morgan fingerprint density at radius 1 is 1.20 bits per heavy atom. The van der Waals surface area contributed by atoms with Gasteiger partial charge < -0.3 is 4.90 Å². The number of rotatable bonds is 2. The zero-order valence-electron chi connectivity index (χ0n) is 7.85. The molecular weight excluding hydrogens is 122 g/mol. The molecule has 0 radical (unpaired) electrons.